The van der Waals surface area contributed by atoms with Gasteiger partial charge in [0.1, 0.15) is 0 Å². The van der Waals surface area contributed by atoms with Crippen LogP contribution in [-0.4, -0.2) is 27.0 Å². The first-order chi connectivity index (χ1) is 13.7. The summed E-state index contributed by atoms with van der Waals surface area (Å²) in [6, 6.07) is 20.1. The summed E-state index contributed by atoms with van der Waals surface area (Å²) < 4.78 is 5.65. The largest absolute Gasteiger partial charge is 0.403 e. The molecule has 0 radical (unpaired) electrons. The van der Waals surface area contributed by atoms with Gasteiger partial charge in [-0.05, 0) is 36.4 Å². The van der Waals surface area contributed by atoms with Crippen molar-refractivity contribution < 1.29 is 14.0 Å². The fourth-order valence-electron chi connectivity index (χ4n) is 2.60. The topological polar surface area (TPSA) is 89.2 Å². The highest BCUT2D eigenvalue weighted by atomic mass is 16.4. The molecule has 0 N–H and O–H groups in total. The van der Waals surface area contributed by atoms with E-state index in [1.54, 1.807) is 85.2 Å². The number of imide groups is 1. The van der Waals surface area contributed by atoms with Gasteiger partial charge in [0.2, 0.25) is 5.89 Å². The zero-order valence-corrected chi connectivity index (χ0v) is 14.6. The first-order valence-corrected chi connectivity index (χ1v) is 8.47. The molecule has 0 unspecified atom stereocenters. The number of anilines is 1. The predicted octanol–water partition coefficient (Wildman–Crippen LogP) is 3.62. The molecule has 0 spiro atoms. The third-order valence-corrected chi connectivity index (χ3v) is 3.98. The number of benzene rings is 2. The van der Waals surface area contributed by atoms with Crippen molar-refractivity contribution in [1.29, 1.82) is 0 Å². The molecule has 2 aromatic carbocycles. The number of nitrogens with zero attached hydrogens (tertiary/aromatic N) is 4. The number of carbonyl (C=O) groups excluding carboxylic acids is 2. The van der Waals surface area contributed by atoms with E-state index in [2.05, 4.69) is 15.2 Å². The molecule has 0 atom stereocenters. The summed E-state index contributed by atoms with van der Waals surface area (Å²) in [4.78, 5) is 31.0. The second kappa shape index (κ2) is 7.63. The lowest BCUT2D eigenvalue weighted by atomic mass is 10.1. The SMILES string of the molecule is O=C(c1ccccc1)N(C(=O)c1ccccc1)c1nnc(-c2ccncc2)o1. The third-order valence-electron chi connectivity index (χ3n) is 3.98. The third kappa shape index (κ3) is 3.41. The molecule has 28 heavy (non-hydrogen) atoms. The minimum absolute atomic E-state index is 0.184. The van der Waals surface area contributed by atoms with E-state index < -0.39 is 11.8 Å². The normalized spacial score (nSPS) is 10.4. The zero-order chi connectivity index (χ0) is 19.3. The van der Waals surface area contributed by atoms with Gasteiger partial charge in [0.05, 0.1) is 0 Å². The maximum atomic E-state index is 13.1. The number of amides is 2. The molecule has 136 valence electrons. The second-order valence-corrected chi connectivity index (χ2v) is 5.80. The van der Waals surface area contributed by atoms with Gasteiger partial charge >= 0.3 is 6.01 Å². The molecule has 2 aromatic heterocycles. The summed E-state index contributed by atoms with van der Waals surface area (Å²) in [5.41, 5.74) is 1.29. The van der Waals surface area contributed by atoms with Crippen LogP contribution in [0.15, 0.2) is 89.6 Å². The summed E-state index contributed by atoms with van der Waals surface area (Å²) in [6.45, 7) is 0. The lowest BCUT2D eigenvalue weighted by Crippen LogP contribution is -2.37. The molecular weight excluding hydrogens is 356 g/mol. The van der Waals surface area contributed by atoms with E-state index in [0.717, 1.165) is 4.90 Å². The highest BCUT2D eigenvalue weighted by Crippen LogP contribution is 2.24. The monoisotopic (exact) mass is 370 g/mol. The van der Waals surface area contributed by atoms with Gasteiger partial charge in [0.15, 0.2) is 0 Å². The Morgan fingerprint density at radius 2 is 1.25 bits per heavy atom. The Labute approximate surface area is 160 Å². The van der Waals surface area contributed by atoms with Crippen LogP contribution >= 0.6 is 0 Å². The van der Waals surface area contributed by atoms with Crippen molar-refractivity contribution in [3.63, 3.8) is 0 Å². The van der Waals surface area contributed by atoms with Crippen LogP contribution in [0.1, 0.15) is 20.7 Å². The summed E-state index contributed by atoms with van der Waals surface area (Å²) in [7, 11) is 0. The summed E-state index contributed by atoms with van der Waals surface area (Å²) in [6.07, 6.45) is 3.17. The fraction of sp³-hybridized carbons (Fsp3) is 0. The number of carbonyl (C=O) groups is 2. The number of hydrogen-bond acceptors (Lipinski definition) is 6. The second-order valence-electron chi connectivity index (χ2n) is 5.80. The van der Waals surface area contributed by atoms with Gasteiger partial charge in [-0.25, -0.2) is 0 Å². The van der Waals surface area contributed by atoms with Crippen molar-refractivity contribution in [3.05, 3.63) is 96.3 Å². The van der Waals surface area contributed by atoms with Gasteiger partial charge in [0, 0.05) is 29.1 Å². The molecule has 7 heteroatoms. The van der Waals surface area contributed by atoms with E-state index in [1.807, 2.05) is 0 Å². The van der Waals surface area contributed by atoms with Gasteiger partial charge in [-0.1, -0.05) is 41.5 Å². The summed E-state index contributed by atoms with van der Waals surface area (Å²) in [5.74, 6) is -0.928. The fourth-order valence-corrected chi connectivity index (χ4v) is 2.60. The summed E-state index contributed by atoms with van der Waals surface area (Å²) in [5, 5.41) is 7.90. The average molecular weight is 370 g/mol. The van der Waals surface area contributed by atoms with Crippen molar-refractivity contribution >= 4 is 17.8 Å². The standard InChI is InChI=1S/C21H14N4O3/c26-19(16-7-3-1-4-8-16)25(20(27)17-9-5-2-6-10-17)21-24-23-18(28-21)15-11-13-22-14-12-15/h1-14H. The molecule has 0 aliphatic carbocycles. The van der Waals surface area contributed by atoms with Crippen molar-refractivity contribution in [2.75, 3.05) is 4.90 Å². The van der Waals surface area contributed by atoms with Gasteiger partial charge in [-0.2, -0.15) is 4.90 Å². The molecule has 0 aliphatic rings. The molecular formula is C21H14N4O3. The quantitative estimate of drug-likeness (QED) is 0.510. The molecule has 0 fully saturated rings. The van der Waals surface area contributed by atoms with Crippen LogP contribution in [0.2, 0.25) is 0 Å². The van der Waals surface area contributed by atoms with Crippen LogP contribution in [0.4, 0.5) is 6.01 Å². The van der Waals surface area contributed by atoms with Crippen LogP contribution in [0, 0.1) is 0 Å². The van der Waals surface area contributed by atoms with Crippen molar-refractivity contribution in [2.45, 2.75) is 0 Å². The number of hydrogen-bond donors (Lipinski definition) is 0. The highest BCUT2D eigenvalue weighted by molar-refractivity contribution is 6.24. The number of rotatable bonds is 4. The van der Waals surface area contributed by atoms with Gasteiger partial charge < -0.3 is 4.42 Å². The minimum atomic E-state index is -0.556. The molecule has 4 aromatic rings. The van der Waals surface area contributed by atoms with E-state index in [1.165, 1.54) is 0 Å². The highest BCUT2D eigenvalue weighted by Gasteiger charge is 2.30. The Hall–Kier alpha value is -4.13. The maximum Gasteiger partial charge on any atom is 0.332 e. The van der Waals surface area contributed by atoms with Crippen molar-refractivity contribution in [1.82, 2.24) is 15.2 Å². The maximum absolute atomic E-state index is 13.1. The molecule has 0 bridgehead atoms. The molecule has 4 rings (SSSR count). The molecule has 7 nitrogen and oxygen atoms in total. The van der Waals surface area contributed by atoms with Gasteiger partial charge in [-0.3, -0.25) is 14.6 Å². The van der Waals surface area contributed by atoms with Crippen molar-refractivity contribution in [2.24, 2.45) is 0 Å². The van der Waals surface area contributed by atoms with E-state index in [0.29, 0.717) is 16.7 Å². The lowest BCUT2D eigenvalue weighted by Gasteiger charge is -2.16. The molecule has 2 amide bonds. The van der Waals surface area contributed by atoms with Crippen LogP contribution in [0.5, 0.6) is 0 Å². The van der Waals surface area contributed by atoms with Gasteiger partial charge in [0.25, 0.3) is 11.8 Å². The molecule has 0 saturated carbocycles. The first kappa shape index (κ1) is 17.3. The van der Waals surface area contributed by atoms with Crippen LogP contribution < -0.4 is 4.90 Å². The van der Waals surface area contributed by atoms with E-state index in [-0.39, 0.29) is 11.9 Å². The van der Waals surface area contributed by atoms with Crippen LogP contribution in [-0.2, 0) is 0 Å². The Balaban J connectivity index is 1.76. The first-order valence-electron chi connectivity index (χ1n) is 8.47. The Morgan fingerprint density at radius 1 is 0.714 bits per heavy atom. The predicted molar refractivity (Wildman–Crippen MR) is 102 cm³/mol. The number of aromatic nitrogens is 3. The van der Waals surface area contributed by atoms with E-state index in [4.69, 9.17) is 4.42 Å². The molecule has 0 aliphatic heterocycles. The number of pyridine rings is 1. The minimum Gasteiger partial charge on any atom is -0.403 e. The average Bonchev–Trinajstić information content (AvgIpc) is 3.25. The zero-order valence-electron chi connectivity index (χ0n) is 14.6. The van der Waals surface area contributed by atoms with Crippen LogP contribution in [0.25, 0.3) is 11.5 Å². The smallest absolute Gasteiger partial charge is 0.332 e. The molecule has 0 saturated heterocycles. The lowest BCUT2D eigenvalue weighted by molar-refractivity contribution is 0.0890. The Kier molecular flexibility index (Phi) is 4.71. The summed E-state index contributed by atoms with van der Waals surface area (Å²) >= 11 is 0. The Morgan fingerprint density at radius 3 is 1.79 bits per heavy atom. The van der Waals surface area contributed by atoms with Gasteiger partial charge in [-0.15, -0.1) is 5.10 Å². The van der Waals surface area contributed by atoms with E-state index in [9.17, 15) is 9.59 Å². The van der Waals surface area contributed by atoms with Crippen LogP contribution in [0.3, 0.4) is 0 Å². The molecule has 2 heterocycles. The Bertz CT molecular complexity index is 1040. The van der Waals surface area contributed by atoms with Crippen molar-refractivity contribution in [3.8, 4) is 11.5 Å². The van der Waals surface area contributed by atoms with E-state index >= 15 is 0 Å².